The molecule has 3 aromatic carbocycles. The maximum absolute atomic E-state index is 11.7. The van der Waals surface area contributed by atoms with Gasteiger partial charge >= 0.3 is 0 Å². The second-order valence-electron chi connectivity index (χ2n) is 6.86. The molecule has 1 N–H and O–H groups in total. The van der Waals surface area contributed by atoms with Crippen LogP contribution in [0.2, 0.25) is 0 Å². The van der Waals surface area contributed by atoms with Gasteiger partial charge in [0.2, 0.25) is 0 Å². The van der Waals surface area contributed by atoms with E-state index in [9.17, 15) is 10.0 Å². The zero-order chi connectivity index (χ0) is 20.2. The van der Waals surface area contributed by atoms with Crippen LogP contribution in [0.1, 0.15) is 16.8 Å². The maximum Gasteiger partial charge on any atom is 0.283 e. The number of ether oxygens (including phenoxy) is 1. The molecule has 0 bridgehead atoms. The molecule has 5 heteroatoms. The molecule has 1 aromatic heterocycles. The van der Waals surface area contributed by atoms with Crippen LogP contribution in [0.4, 0.5) is 0 Å². The number of hydrogen-bond donors (Lipinski definition) is 1. The van der Waals surface area contributed by atoms with E-state index >= 15 is 0 Å². The van der Waals surface area contributed by atoms with Crippen molar-refractivity contribution >= 4 is 22.5 Å². The van der Waals surface area contributed by atoms with Crippen molar-refractivity contribution in [3.05, 3.63) is 106 Å². The van der Waals surface area contributed by atoms with Crippen molar-refractivity contribution in [1.29, 1.82) is 0 Å². The van der Waals surface area contributed by atoms with Crippen LogP contribution in [0.3, 0.4) is 0 Å². The molecule has 4 nitrogen and oxygen atoms in total. The molecule has 0 spiro atoms. The second-order valence-corrected chi connectivity index (χ2v) is 7.91. The van der Waals surface area contributed by atoms with Gasteiger partial charge < -0.3 is 9.94 Å². The summed E-state index contributed by atoms with van der Waals surface area (Å²) in [5.41, 5.74) is 2.05. The molecule has 4 aromatic rings. The Balaban J connectivity index is 1.46. The van der Waals surface area contributed by atoms with Gasteiger partial charge in [-0.05, 0) is 53.1 Å². The van der Waals surface area contributed by atoms with Crippen molar-refractivity contribution in [2.75, 3.05) is 0 Å². The number of fused-ring (bicyclic) bond motifs is 1. The molecule has 0 amide bonds. The zero-order valence-corrected chi connectivity index (χ0v) is 16.9. The number of thioether (sulfide) groups is 1. The molecule has 0 aliphatic heterocycles. The molecule has 0 aliphatic carbocycles. The van der Waals surface area contributed by atoms with Crippen LogP contribution in [0.5, 0.6) is 5.75 Å². The highest BCUT2D eigenvalue weighted by Gasteiger charge is 2.07. The maximum atomic E-state index is 11.7. The van der Waals surface area contributed by atoms with Gasteiger partial charge in [0.25, 0.3) is 5.56 Å². The highest BCUT2D eigenvalue weighted by Crippen LogP contribution is 2.29. The van der Waals surface area contributed by atoms with E-state index in [1.807, 2.05) is 25.1 Å². The average Bonchev–Trinajstić information content (AvgIpc) is 2.74. The number of aromatic nitrogens is 1. The van der Waals surface area contributed by atoms with Crippen LogP contribution < -0.4 is 10.3 Å². The first-order chi connectivity index (χ1) is 14.1. The summed E-state index contributed by atoms with van der Waals surface area (Å²) in [7, 11) is 0. The molecule has 0 aliphatic rings. The number of nitrogens with zero attached hydrogens (tertiary/aromatic N) is 1. The quantitative estimate of drug-likeness (QED) is 0.345. The van der Waals surface area contributed by atoms with Crippen molar-refractivity contribution in [3.8, 4) is 5.75 Å². The minimum atomic E-state index is -0.456. The van der Waals surface area contributed by atoms with Crippen molar-refractivity contribution in [1.82, 2.24) is 4.73 Å². The lowest BCUT2D eigenvalue weighted by Gasteiger charge is -2.11. The van der Waals surface area contributed by atoms with Crippen molar-refractivity contribution in [3.63, 3.8) is 0 Å². The first kappa shape index (κ1) is 19.2. The lowest BCUT2D eigenvalue weighted by atomic mass is 10.1. The van der Waals surface area contributed by atoms with E-state index in [0.29, 0.717) is 16.2 Å². The van der Waals surface area contributed by atoms with E-state index in [1.165, 1.54) is 22.4 Å². The Morgan fingerprint density at radius 2 is 1.76 bits per heavy atom. The third-order valence-electron chi connectivity index (χ3n) is 4.69. The highest BCUT2D eigenvalue weighted by atomic mass is 32.2. The summed E-state index contributed by atoms with van der Waals surface area (Å²) >= 11 is 1.75. The lowest BCUT2D eigenvalue weighted by molar-refractivity contribution is 0.147. The Morgan fingerprint density at radius 3 is 2.66 bits per heavy atom. The second kappa shape index (κ2) is 8.45. The Kier molecular flexibility index (Phi) is 5.58. The molecular formula is C24H21NO3S. The average molecular weight is 404 g/mol. The number of hydrogen-bond acceptors (Lipinski definition) is 4. The van der Waals surface area contributed by atoms with Gasteiger partial charge in [0.1, 0.15) is 12.4 Å². The van der Waals surface area contributed by atoms with Crippen molar-refractivity contribution < 1.29 is 9.94 Å². The summed E-state index contributed by atoms with van der Waals surface area (Å²) in [4.78, 5) is 12.8. The highest BCUT2D eigenvalue weighted by molar-refractivity contribution is 7.98. The van der Waals surface area contributed by atoms with Gasteiger partial charge in [0, 0.05) is 16.7 Å². The van der Waals surface area contributed by atoms with Gasteiger partial charge in [-0.2, -0.15) is 0 Å². The fraction of sp³-hybridized carbons (Fsp3) is 0.125. The SMILES string of the molecule is Cc1cc(COc2cccc(SCc3cccc4ccccc34)c2)n(O)c(=O)c1. The van der Waals surface area contributed by atoms with Gasteiger partial charge in [-0.1, -0.05) is 48.5 Å². The third-order valence-corrected chi connectivity index (χ3v) is 5.74. The van der Waals surface area contributed by atoms with Gasteiger partial charge in [-0.15, -0.1) is 16.5 Å². The Hall–Kier alpha value is -3.18. The summed E-state index contributed by atoms with van der Waals surface area (Å²) in [5.74, 6) is 1.56. The van der Waals surface area contributed by atoms with Crippen LogP contribution >= 0.6 is 11.8 Å². The van der Waals surface area contributed by atoms with Crippen molar-refractivity contribution in [2.24, 2.45) is 0 Å². The van der Waals surface area contributed by atoms with Gasteiger partial charge in [0.05, 0.1) is 5.69 Å². The fourth-order valence-corrected chi connectivity index (χ4v) is 4.20. The van der Waals surface area contributed by atoms with Gasteiger partial charge in [0.15, 0.2) is 0 Å². The molecular weight excluding hydrogens is 382 g/mol. The number of aryl methyl sites for hydroxylation is 1. The van der Waals surface area contributed by atoms with Gasteiger partial charge in [-0.25, -0.2) is 0 Å². The molecule has 0 atom stereocenters. The van der Waals surface area contributed by atoms with Crippen LogP contribution in [-0.2, 0) is 12.4 Å². The molecule has 0 radical (unpaired) electrons. The Bertz CT molecular complexity index is 1210. The third kappa shape index (κ3) is 4.46. The molecule has 29 heavy (non-hydrogen) atoms. The number of pyridine rings is 1. The summed E-state index contributed by atoms with van der Waals surface area (Å²) in [6.45, 7) is 1.93. The molecule has 0 saturated carbocycles. The smallest absolute Gasteiger partial charge is 0.283 e. The van der Waals surface area contributed by atoms with E-state index in [2.05, 4.69) is 48.5 Å². The van der Waals surface area contributed by atoms with E-state index in [1.54, 1.807) is 17.8 Å². The van der Waals surface area contributed by atoms with E-state index in [0.717, 1.165) is 16.2 Å². The van der Waals surface area contributed by atoms with Crippen LogP contribution in [0.25, 0.3) is 10.8 Å². The largest absolute Gasteiger partial charge is 0.487 e. The minimum Gasteiger partial charge on any atom is -0.487 e. The van der Waals surface area contributed by atoms with E-state index in [4.69, 9.17) is 4.74 Å². The van der Waals surface area contributed by atoms with Gasteiger partial charge in [-0.3, -0.25) is 4.79 Å². The number of rotatable bonds is 6. The zero-order valence-electron chi connectivity index (χ0n) is 16.0. The summed E-state index contributed by atoms with van der Waals surface area (Å²) < 4.78 is 6.44. The predicted molar refractivity (Wildman–Crippen MR) is 117 cm³/mol. The first-order valence-corrected chi connectivity index (χ1v) is 10.3. The lowest BCUT2D eigenvalue weighted by Crippen LogP contribution is -2.21. The fourth-order valence-electron chi connectivity index (χ4n) is 3.26. The molecule has 1 heterocycles. The standard InChI is InChI=1S/C24H21NO3S/c1-17-12-20(25(27)24(26)13-17)15-28-21-9-5-10-22(14-21)29-16-19-8-4-7-18-6-2-3-11-23(18)19/h2-14,27H,15-16H2,1H3. The normalized spacial score (nSPS) is 10.9. The monoisotopic (exact) mass is 403 g/mol. The Morgan fingerprint density at radius 1 is 0.966 bits per heavy atom. The topological polar surface area (TPSA) is 51.5 Å². The van der Waals surface area contributed by atoms with Crippen LogP contribution in [0.15, 0.2) is 88.6 Å². The number of benzene rings is 3. The molecule has 0 unspecified atom stereocenters. The van der Waals surface area contributed by atoms with E-state index < -0.39 is 5.56 Å². The van der Waals surface area contributed by atoms with Crippen LogP contribution in [-0.4, -0.2) is 9.94 Å². The first-order valence-electron chi connectivity index (χ1n) is 9.34. The summed E-state index contributed by atoms with van der Waals surface area (Å²) in [6.07, 6.45) is 0. The molecule has 0 fully saturated rings. The minimum absolute atomic E-state index is 0.116. The summed E-state index contributed by atoms with van der Waals surface area (Å²) in [5, 5.41) is 12.4. The van der Waals surface area contributed by atoms with Crippen molar-refractivity contribution in [2.45, 2.75) is 24.2 Å². The molecule has 0 saturated heterocycles. The predicted octanol–water partition coefficient (Wildman–Crippen LogP) is 5.42. The summed E-state index contributed by atoms with van der Waals surface area (Å²) in [6, 6.07) is 25.8. The van der Waals surface area contributed by atoms with Crippen LogP contribution in [0, 0.1) is 6.92 Å². The molecule has 4 rings (SSSR count). The van der Waals surface area contributed by atoms with E-state index in [-0.39, 0.29) is 6.61 Å². The molecule has 146 valence electrons. The Labute approximate surface area is 173 Å².